The molecule has 2 N–H and O–H groups in total. The van der Waals surface area contributed by atoms with Crippen LogP contribution in [0.4, 0.5) is 5.69 Å². The molecule has 3 nitrogen and oxygen atoms in total. The van der Waals surface area contributed by atoms with Gasteiger partial charge in [-0.25, -0.2) is 0 Å². The van der Waals surface area contributed by atoms with Gasteiger partial charge in [-0.05, 0) is 40.1 Å². The first kappa shape index (κ1) is 10.9. The molecule has 3 heteroatoms. The third-order valence-electron chi connectivity index (χ3n) is 2.44. The van der Waals surface area contributed by atoms with Crippen LogP contribution in [0.1, 0.15) is 12.5 Å². The second-order valence-electron chi connectivity index (χ2n) is 3.73. The Morgan fingerprint density at radius 2 is 2.00 bits per heavy atom. The van der Waals surface area contributed by atoms with Crippen molar-refractivity contribution in [2.45, 2.75) is 20.0 Å². The minimum Gasteiger partial charge on any atom is -0.508 e. The number of phenolic OH excluding ortho intramolecular Hbond substituents is 1. The van der Waals surface area contributed by atoms with E-state index in [0.29, 0.717) is 5.75 Å². The summed E-state index contributed by atoms with van der Waals surface area (Å²) in [4.78, 5) is 2.07. The van der Waals surface area contributed by atoms with Gasteiger partial charge in [-0.2, -0.15) is 0 Å². The Morgan fingerprint density at radius 1 is 1.36 bits per heavy atom. The van der Waals surface area contributed by atoms with Gasteiger partial charge in [-0.1, -0.05) is 6.07 Å². The molecule has 1 unspecified atom stereocenters. The van der Waals surface area contributed by atoms with E-state index < -0.39 is 0 Å². The lowest BCUT2D eigenvalue weighted by Gasteiger charge is -2.23. The molecule has 0 aliphatic rings. The van der Waals surface area contributed by atoms with Crippen LogP contribution >= 0.6 is 0 Å². The normalized spacial score (nSPS) is 12.9. The molecular weight excluding hydrogens is 176 g/mol. The molecule has 0 amide bonds. The van der Waals surface area contributed by atoms with Gasteiger partial charge in [0.05, 0.1) is 6.17 Å². The smallest absolute Gasteiger partial charge is 0.120 e. The van der Waals surface area contributed by atoms with Crippen molar-refractivity contribution in [2.24, 2.45) is 0 Å². The third-order valence-corrected chi connectivity index (χ3v) is 2.44. The first-order valence-electron chi connectivity index (χ1n) is 4.74. The van der Waals surface area contributed by atoms with Crippen LogP contribution in [-0.2, 0) is 0 Å². The maximum Gasteiger partial charge on any atom is 0.120 e. The maximum absolute atomic E-state index is 9.50. The van der Waals surface area contributed by atoms with Gasteiger partial charge in [0, 0.05) is 11.3 Å². The Bertz CT molecular complexity index is 310. The molecule has 1 atom stereocenters. The number of hydrogen-bond acceptors (Lipinski definition) is 3. The van der Waals surface area contributed by atoms with Gasteiger partial charge in [0.25, 0.3) is 0 Å². The number of benzene rings is 1. The van der Waals surface area contributed by atoms with Crippen LogP contribution in [-0.4, -0.2) is 30.3 Å². The molecule has 0 aliphatic heterocycles. The summed E-state index contributed by atoms with van der Waals surface area (Å²) in [5.41, 5.74) is 1.87. The first-order valence-corrected chi connectivity index (χ1v) is 4.74. The second kappa shape index (κ2) is 4.33. The molecule has 0 aromatic heterocycles. The molecule has 0 radical (unpaired) electrons. The molecule has 78 valence electrons. The summed E-state index contributed by atoms with van der Waals surface area (Å²) in [6.07, 6.45) is 0.246. The molecule has 0 saturated heterocycles. The van der Waals surface area contributed by atoms with E-state index in [4.69, 9.17) is 0 Å². The van der Waals surface area contributed by atoms with Crippen molar-refractivity contribution in [3.05, 3.63) is 23.8 Å². The minimum absolute atomic E-state index is 0.246. The summed E-state index contributed by atoms with van der Waals surface area (Å²) in [6.45, 7) is 3.98. The number of aromatic hydroxyl groups is 1. The van der Waals surface area contributed by atoms with Crippen molar-refractivity contribution in [3.8, 4) is 5.75 Å². The second-order valence-corrected chi connectivity index (χ2v) is 3.73. The van der Waals surface area contributed by atoms with E-state index >= 15 is 0 Å². The van der Waals surface area contributed by atoms with Crippen LogP contribution < -0.4 is 5.32 Å². The van der Waals surface area contributed by atoms with Crippen LogP contribution in [0, 0.1) is 6.92 Å². The zero-order chi connectivity index (χ0) is 10.7. The van der Waals surface area contributed by atoms with Crippen LogP contribution in [0.25, 0.3) is 0 Å². The first-order chi connectivity index (χ1) is 6.52. The molecular formula is C11H18N2O. The SMILES string of the molecule is Cc1c(O)cccc1NC(C)N(C)C. The van der Waals surface area contributed by atoms with Crippen molar-refractivity contribution in [3.63, 3.8) is 0 Å². The Labute approximate surface area is 85.4 Å². The van der Waals surface area contributed by atoms with Crippen molar-refractivity contribution >= 4 is 5.69 Å². The predicted octanol–water partition coefficient (Wildman–Crippen LogP) is 2.02. The fourth-order valence-corrected chi connectivity index (χ4v) is 1.13. The number of phenols is 1. The molecule has 0 fully saturated rings. The summed E-state index contributed by atoms with van der Waals surface area (Å²) in [6, 6.07) is 5.50. The molecule has 1 aromatic carbocycles. The highest BCUT2D eigenvalue weighted by molar-refractivity contribution is 5.56. The standard InChI is InChI=1S/C11H18N2O/c1-8-10(6-5-7-11(8)14)12-9(2)13(3)4/h5-7,9,12,14H,1-4H3. The molecule has 14 heavy (non-hydrogen) atoms. The van der Waals surface area contributed by atoms with E-state index in [-0.39, 0.29) is 6.17 Å². The highest BCUT2D eigenvalue weighted by Crippen LogP contribution is 2.24. The lowest BCUT2D eigenvalue weighted by atomic mass is 10.2. The fourth-order valence-electron chi connectivity index (χ4n) is 1.13. The Kier molecular flexibility index (Phi) is 3.36. The van der Waals surface area contributed by atoms with Crippen molar-refractivity contribution in [2.75, 3.05) is 19.4 Å². The van der Waals surface area contributed by atoms with Gasteiger partial charge in [-0.15, -0.1) is 0 Å². The fraction of sp³-hybridized carbons (Fsp3) is 0.455. The minimum atomic E-state index is 0.246. The van der Waals surface area contributed by atoms with Crippen LogP contribution in [0.15, 0.2) is 18.2 Å². The van der Waals surface area contributed by atoms with Crippen molar-refractivity contribution in [1.82, 2.24) is 4.90 Å². The van der Waals surface area contributed by atoms with E-state index in [1.165, 1.54) is 0 Å². The van der Waals surface area contributed by atoms with E-state index in [1.54, 1.807) is 6.07 Å². The number of rotatable bonds is 3. The molecule has 0 heterocycles. The molecule has 0 aliphatic carbocycles. The summed E-state index contributed by atoms with van der Waals surface area (Å²) >= 11 is 0. The topological polar surface area (TPSA) is 35.5 Å². The number of hydrogen-bond donors (Lipinski definition) is 2. The van der Waals surface area contributed by atoms with Gasteiger partial charge in [0.15, 0.2) is 0 Å². The largest absolute Gasteiger partial charge is 0.508 e. The molecule has 0 spiro atoms. The van der Waals surface area contributed by atoms with Gasteiger partial charge < -0.3 is 10.4 Å². The third kappa shape index (κ3) is 2.39. The number of nitrogens with zero attached hydrogens (tertiary/aromatic N) is 1. The summed E-state index contributed by atoms with van der Waals surface area (Å²) in [7, 11) is 4.02. The predicted molar refractivity (Wildman–Crippen MR) is 59.6 cm³/mol. The highest BCUT2D eigenvalue weighted by atomic mass is 16.3. The summed E-state index contributed by atoms with van der Waals surface area (Å²) in [5, 5.41) is 12.8. The monoisotopic (exact) mass is 194 g/mol. The summed E-state index contributed by atoms with van der Waals surface area (Å²) in [5.74, 6) is 0.334. The molecule has 0 saturated carbocycles. The quantitative estimate of drug-likeness (QED) is 0.723. The molecule has 1 rings (SSSR count). The maximum atomic E-state index is 9.50. The molecule has 1 aromatic rings. The van der Waals surface area contributed by atoms with E-state index in [0.717, 1.165) is 11.3 Å². The zero-order valence-electron chi connectivity index (χ0n) is 9.20. The summed E-state index contributed by atoms with van der Waals surface area (Å²) < 4.78 is 0. The lowest BCUT2D eigenvalue weighted by Crippen LogP contribution is -2.32. The van der Waals surface area contributed by atoms with Gasteiger partial charge in [0.1, 0.15) is 5.75 Å². The van der Waals surface area contributed by atoms with E-state index in [1.807, 2.05) is 33.2 Å². The van der Waals surface area contributed by atoms with Gasteiger partial charge in [0.2, 0.25) is 0 Å². The lowest BCUT2D eigenvalue weighted by molar-refractivity contribution is 0.343. The Balaban J connectivity index is 2.82. The van der Waals surface area contributed by atoms with E-state index in [2.05, 4.69) is 17.1 Å². The Hall–Kier alpha value is -1.22. The van der Waals surface area contributed by atoms with Gasteiger partial charge in [-0.3, -0.25) is 4.90 Å². The average molecular weight is 194 g/mol. The number of nitrogens with one attached hydrogen (secondary N) is 1. The average Bonchev–Trinajstić information content (AvgIpc) is 2.12. The van der Waals surface area contributed by atoms with Gasteiger partial charge >= 0.3 is 0 Å². The van der Waals surface area contributed by atoms with Crippen LogP contribution in [0.5, 0.6) is 5.75 Å². The van der Waals surface area contributed by atoms with Crippen molar-refractivity contribution < 1.29 is 5.11 Å². The highest BCUT2D eigenvalue weighted by Gasteiger charge is 2.07. The van der Waals surface area contributed by atoms with Crippen LogP contribution in [0.2, 0.25) is 0 Å². The van der Waals surface area contributed by atoms with Crippen LogP contribution in [0.3, 0.4) is 0 Å². The van der Waals surface area contributed by atoms with E-state index in [9.17, 15) is 5.11 Å². The zero-order valence-corrected chi connectivity index (χ0v) is 9.20. The Morgan fingerprint density at radius 3 is 2.57 bits per heavy atom. The molecule has 0 bridgehead atoms. The van der Waals surface area contributed by atoms with Crippen molar-refractivity contribution in [1.29, 1.82) is 0 Å². The number of anilines is 1.